The maximum Gasteiger partial charge on any atom is 0.407 e. The molecule has 2 aromatic carbocycles. The molecule has 4 aliphatic rings. The Bertz CT molecular complexity index is 1110. The van der Waals surface area contributed by atoms with Gasteiger partial charge in [0.1, 0.15) is 12.1 Å². The Hall–Kier alpha value is -3.35. The van der Waals surface area contributed by atoms with Gasteiger partial charge in [-0.25, -0.2) is 9.59 Å². The van der Waals surface area contributed by atoms with E-state index in [9.17, 15) is 19.5 Å². The van der Waals surface area contributed by atoms with Crippen molar-refractivity contribution < 1.29 is 24.2 Å². The highest BCUT2D eigenvalue weighted by atomic mass is 16.5. The monoisotopic (exact) mass is 462 g/mol. The Balaban J connectivity index is 1.12. The highest BCUT2D eigenvalue weighted by Crippen LogP contribution is 2.59. The molecule has 1 atom stereocenters. The first kappa shape index (κ1) is 22.4. The number of aliphatic carboxylic acids is 1. The van der Waals surface area contributed by atoms with Gasteiger partial charge >= 0.3 is 12.1 Å². The van der Waals surface area contributed by atoms with E-state index in [2.05, 4.69) is 29.6 Å². The average Bonchev–Trinajstić information content (AvgIpc) is 3.41. The van der Waals surface area contributed by atoms with E-state index < -0.39 is 17.6 Å². The number of rotatable bonds is 7. The van der Waals surface area contributed by atoms with E-state index in [4.69, 9.17) is 4.74 Å². The fourth-order valence-corrected chi connectivity index (χ4v) is 6.18. The second-order valence-electron chi connectivity index (χ2n) is 10.4. The number of nitrogens with one attached hydrogen (secondary N) is 1. The lowest BCUT2D eigenvalue weighted by Crippen LogP contribution is -2.57. The van der Waals surface area contributed by atoms with Crippen molar-refractivity contribution in [2.75, 3.05) is 19.7 Å². The predicted molar refractivity (Wildman–Crippen MR) is 126 cm³/mol. The van der Waals surface area contributed by atoms with Crippen molar-refractivity contribution in [1.29, 1.82) is 0 Å². The van der Waals surface area contributed by atoms with Gasteiger partial charge in [-0.1, -0.05) is 62.4 Å². The standard InChI is InChI=1S/C27H30N2O5/c1-17(23(30)29-16-26(2)14-27(29,15-26)24(31)32)11-12-28-25(33)34-13-22-20-9-5-3-7-18(20)19-8-4-6-10-21(19)22/h3-10,17,22H,11-16H2,1-2H3,(H,28,33)(H,31,32). The van der Waals surface area contributed by atoms with Crippen LogP contribution in [0.3, 0.4) is 0 Å². The zero-order valence-corrected chi connectivity index (χ0v) is 19.5. The van der Waals surface area contributed by atoms with Gasteiger partial charge in [0.2, 0.25) is 5.91 Å². The molecule has 0 spiro atoms. The van der Waals surface area contributed by atoms with Crippen LogP contribution in [0, 0.1) is 11.3 Å². The third kappa shape index (κ3) is 3.54. The minimum atomic E-state index is -1.04. The van der Waals surface area contributed by atoms with Gasteiger partial charge < -0.3 is 20.1 Å². The second-order valence-corrected chi connectivity index (χ2v) is 10.4. The summed E-state index contributed by atoms with van der Waals surface area (Å²) in [5.74, 6) is -1.46. The number of carboxylic acids is 1. The van der Waals surface area contributed by atoms with E-state index in [1.165, 1.54) is 11.1 Å². The predicted octanol–water partition coefficient (Wildman–Crippen LogP) is 4.02. The number of hydrogen-bond acceptors (Lipinski definition) is 4. The van der Waals surface area contributed by atoms with E-state index in [-0.39, 0.29) is 36.3 Å². The third-order valence-corrected chi connectivity index (χ3v) is 7.77. The van der Waals surface area contributed by atoms with Crippen molar-refractivity contribution in [3.05, 3.63) is 59.7 Å². The highest BCUT2D eigenvalue weighted by Gasteiger charge is 2.68. The summed E-state index contributed by atoms with van der Waals surface area (Å²) in [6.45, 7) is 4.83. The van der Waals surface area contributed by atoms with E-state index >= 15 is 0 Å². The van der Waals surface area contributed by atoms with E-state index in [0.717, 1.165) is 11.1 Å². The van der Waals surface area contributed by atoms with Gasteiger partial charge in [0.25, 0.3) is 0 Å². The molecule has 0 radical (unpaired) electrons. The maximum absolute atomic E-state index is 13.0. The molecule has 2 bridgehead atoms. The molecular weight excluding hydrogens is 432 g/mol. The van der Waals surface area contributed by atoms with Crippen LogP contribution in [0.15, 0.2) is 48.5 Å². The molecule has 2 amide bonds. The number of ether oxygens (including phenoxy) is 1. The molecule has 178 valence electrons. The first-order chi connectivity index (χ1) is 16.2. The van der Waals surface area contributed by atoms with E-state index in [0.29, 0.717) is 25.8 Å². The van der Waals surface area contributed by atoms with Crippen molar-refractivity contribution in [2.45, 2.75) is 44.6 Å². The molecule has 2 aliphatic heterocycles. The first-order valence-electron chi connectivity index (χ1n) is 11.9. The summed E-state index contributed by atoms with van der Waals surface area (Å²) in [6.07, 6.45) is 0.947. The average molecular weight is 463 g/mol. The quantitative estimate of drug-likeness (QED) is 0.648. The summed E-state index contributed by atoms with van der Waals surface area (Å²) in [7, 11) is 0. The molecule has 2 aliphatic carbocycles. The summed E-state index contributed by atoms with van der Waals surface area (Å²) < 4.78 is 5.54. The van der Waals surface area contributed by atoms with Crippen LogP contribution in [0.4, 0.5) is 4.79 Å². The molecule has 0 aromatic heterocycles. The van der Waals surface area contributed by atoms with Crippen molar-refractivity contribution in [2.24, 2.45) is 11.3 Å². The molecule has 2 heterocycles. The summed E-state index contributed by atoms with van der Waals surface area (Å²) >= 11 is 0. The summed E-state index contributed by atoms with van der Waals surface area (Å²) in [4.78, 5) is 38.7. The number of nitrogens with zero attached hydrogens (tertiary/aromatic N) is 1. The largest absolute Gasteiger partial charge is 0.479 e. The number of carboxylic acid groups (broad SMARTS) is 1. The van der Waals surface area contributed by atoms with Gasteiger partial charge in [0, 0.05) is 24.9 Å². The van der Waals surface area contributed by atoms with Crippen LogP contribution < -0.4 is 5.32 Å². The fraction of sp³-hybridized carbons (Fsp3) is 0.444. The number of fused-ring (bicyclic) bond motifs is 4. The second kappa shape index (κ2) is 8.15. The van der Waals surface area contributed by atoms with Crippen LogP contribution in [-0.4, -0.2) is 53.2 Å². The zero-order chi connectivity index (χ0) is 24.1. The Labute approximate surface area is 199 Å². The van der Waals surface area contributed by atoms with Crippen LogP contribution in [0.25, 0.3) is 11.1 Å². The zero-order valence-electron chi connectivity index (χ0n) is 19.5. The smallest absolute Gasteiger partial charge is 0.407 e. The van der Waals surface area contributed by atoms with Crippen LogP contribution in [0.5, 0.6) is 0 Å². The molecule has 34 heavy (non-hydrogen) atoms. The molecule has 2 N–H and O–H groups in total. The number of hydrogen-bond donors (Lipinski definition) is 2. The lowest BCUT2D eigenvalue weighted by molar-refractivity contribution is -0.161. The number of alkyl carbamates (subject to hydrolysis) is 1. The maximum atomic E-state index is 13.0. The number of amides is 2. The first-order valence-corrected chi connectivity index (χ1v) is 11.9. The highest BCUT2D eigenvalue weighted by molar-refractivity contribution is 5.91. The van der Waals surface area contributed by atoms with Crippen molar-refractivity contribution in [1.82, 2.24) is 10.2 Å². The Morgan fingerprint density at radius 2 is 1.68 bits per heavy atom. The Kier molecular flexibility index (Phi) is 5.38. The van der Waals surface area contributed by atoms with Gasteiger partial charge in [-0.05, 0) is 46.9 Å². The Morgan fingerprint density at radius 1 is 1.09 bits per heavy atom. The van der Waals surface area contributed by atoms with Crippen molar-refractivity contribution >= 4 is 18.0 Å². The van der Waals surface area contributed by atoms with Crippen molar-refractivity contribution in [3.63, 3.8) is 0 Å². The molecule has 7 heteroatoms. The minimum absolute atomic E-state index is 0.00567. The van der Waals surface area contributed by atoms with E-state index in [1.54, 1.807) is 11.8 Å². The van der Waals surface area contributed by atoms with Crippen LogP contribution in [0.1, 0.15) is 50.2 Å². The minimum Gasteiger partial charge on any atom is -0.479 e. The lowest BCUT2D eigenvalue weighted by atomic mass is 9.63. The van der Waals surface area contributed by atoms with Gasteiger partial charge in [-0.15, -0.1) is 0 Å². The molecule has 6 rings (SSSR count). The van der Waals surface area contributed by atoms with Gasteiger partial charge in [-0.3, -0.25) is 4.79 Å². The molecule has 3 fully saturated rings. The number of carbonyl (C=O) groups excluding carboxylic acids is 2. The fourth-order valence-electron chi connectivity index (χ4n) is 6.18. The SMILES string of the molecule is CC(CCNC(=O)OCC1c2ccccc2-c2ccccc21)C(=O)N1CC2(C)CC1(C(=O)O)C2. The molecule has 1 unspecified atom stereocenters. The van der Waals surface area contributed by atoms with Crippen LogP contribution in [0.2, 0.25) is 0 Å². The van der Waals surface area contributed by atoms with E-state index in [1.807, 2.05) is 31.2 Å². The summed E-state index contributed by atoms with van der Waals surface area (Å²) in [5.41, 5.74) is 3.52. The normalized spacial score (nSPS) is 25.2. The summed E-state index contributed by atoms with van der Waals surface area (Å²) in [6, 6.07) is 16.3. The molecule has 1 saturated carbocycles. The van der Waals surface area contributed by atoms with Crippen LogP contribution >= 0.6 is 0 Å². The number of carbonyl (C=O) groups is 3. The molecule has 7 nitrogen and oxygen atoms in total. The van der Waals surface area contributed by atoms with Gasteiger partial charge in [0.15, 0.2) is 0 Å². The lowest BCUT2D eigenvalue weighted by Gasteiger charge is -2.43. The molecular formula is C27H30N2O5. The van der Waals surface area contributed by atoms with Gasteiger partial charge in [-0.2, -0.15) is 0 Å². The molecule has 2 saturated heterocycles. The van der Waals surface area contributed by atoms with Gasteiger partial charge in [0.05, 0.1) is 0 Å². The third-order valence-electron chi connectivity index (χ3n) is 7.77. The molecule has 2 aromatic rings. The van der Waals surface area contributed by atoms with Crippen molar-refractivity contribution in [3.8, 4) is 11.1 Å². The number of benzene rings is 2. The topological polar surface area (TPSA) is 95.9 Å². The summed E-state index contributed by atoms with van der Waals surface area (Å²) in [5, 5.41) is 12.4. The van der Waals surface area contributed by atoms with Crippen LogP contribution in [-0.2, 0) is 14.3 Å². The Morgan fingerprint density at radius 3 is 2.26 bits per heavy atom.